The highest BCUT2D eigenvalue weighted by molar-refractivity contribution is 7.80. The highest BCUT2D eigenvalue weighted by atomic mass is 32.1. The first-order valence-corrected chi connectivity index (χ1v) is 7.87. The van der Waals surface area contributed by atoms with Crippen LogP contribution in [0.25, 0.3) is 0 Å². The summed E-state index contributed by atoms with van der Waals surface area (Å²) < 4.78 is 0. The summed E-state index contributed by atoms with van der Waals surface area (Å²) in [4.78, 5) is 10.2. The van der Waals surface area contributed by atoms with Gasteiger partial charge in [-0.25, -0.2) is 0 Å². The van der Waals surface area contributed by atoms with E-state index in [-0.39, 0.29) is 18.0 Å². The molecule has 0 radical (unpaired) electrons. The summed E-state index contributed by atoms with van der Waals surface area (Å²) in [6.07, 6.45) is 4.73. The second-order valence-electron chi connectivity index (χ2n) is 5.74. The van der Waals surface area contributed by atoms with Gasteiger partial charge in [-0.1, -0.05) is 25.8 Å². The topological polar surface area (TPSA) is 90.3 Å². The van der Waals surface area contributed by atoms with E-state index < -0.39 is 4.92 Å². The van der Waals surface area contributed by atoms with Crippen molar-refractivity contribution in [3.63, 3.8) is 0 Å². The van der Waals surface area contributed by atoms with Crippen molar-refractivity contribution >= 4 is 23.0 Å². The van der Waals surface area contributed by atoms with Crippen molar-refractivity contribution < 1.29 is 10.0 Å². The predicted molar refractivity (Wildman–Crippen MR) is 86.5 cm³/mol. The number of nitro benzene ring substituents is 1. The second-order valence-corrected chi connectivity index (χ2v) is 6.15. The van der Waals surface area contributed by atoms with Crippen molar-refractivity contribution in [3.05, 3.63) is 33.9 Å². The van der Waals surface area contributed by atoms with E-state index in [1.807, 2.05) is 0 Å². The van der Waals surface area contributed by atoms with E-state index in [1.165, 1.54) is 37.5 Å². The Morgan fingerprint density at radius 1 is 1.41 bits per heavy atom. The number of nitrogens with one attached hydrogen (secondary N) is 2. The van der Waals surface area contributed by atoms with Crippen LogP contribution in [0.5, 0.6) is 5.75 Å². The zero-order valence-corrected chi connectivity index (χ0v) is 13.3. The first-order valence-electron chi connectivity index (χ1n) is 7.46. The van der Waals surface area contributed by atoms with Crippen LogP contribution in [0.15, 0.2) is 18.2 Å². The average molecular weight is 322 g/mol. The Balaban J connectivity index is 1.90. The number of hydrogen-bond donors (Lipinski definition) is 2. The Morgan fingerprint density at radius 2 is 2.14 bits per heavy atom. The zero-order valence-electron chi connectivity index (χ0n) is 12.5. The van der Waals surface area contributed by atoms with Gasteiger partial charge in [-0.05, 0) is 36.5 Å². The Hall–Kier alpha value is -1.89. The Morgan fingerprint density at radius 3 is 2.82 bits per heavy atom. The van der Waals surface area contributed by atoms with Crippen LogP contribution in [0.2, 0.25) is 0 Å². The van der Waals surface area contributed by atoms with Gasteiger partial charge in [0.05, 0.1) is 4.92 Å². The molecule has 1 aromatic carbocycles. The summed E-state index contributed by atoms with van der Waals surface area (Å²) in [6.45, 7) is 2.39. The molecule has 2 rings (SSSR count). The van der Waals surface area contributed by atoms with Crippen LogP contribution >= 0.6 is 12.2 Å². The lowest BCUT2D eigenvalue weighted by Gasteiger charge is -2.30. The lowest BCUT2D eigenvalue weighted by Crippen LogP contribution is -2.45. The van der Waals surface area contributed by atoms with Gasteiger partial charge in [-0.15, -0.1) is 5.75 Å². The molecule has 1 aromatic rings. The molecule has 2 atom stereocenters. The fourth-order valence-electron chi connectivity index (χ4n) is 2.74. The summed E-state index contributed by atoms with van der Waals surface area (Å²) in [5.74, 6) is 0.341. The molecule has 2 N–H and O–H groups in total. The summed E-state index contributed by atoms with van der Waals surface area (Å²) in [5.41, 5.74) is 0.256. The fraction of sp³-hybridized carbons (Fsp3) is 0.533. The van der Waals surface area contributed by atoms with Crippen LogP contribution in [-0.4, -0.2) is 16.1 Å². The normalized spacial score (nSPS) is 21.1. The first kappa shape index (κ1) is 16.5. The molecule has 0 amide bonds. The second kappa shape index (κ2) is 7.40. The molecule has 0 unspecified atom stereocenters. The third-order valence-electron chi connectivity index (χ3n) is 4.12. The molecule has 1 fully saturated rings. The van der Waals surface area contributed by atoms with Crippen molar-refractivity contribution in [1.82, 2.24) is 10.6 Å². The molecule has 1 aliphatic carbocycles. The highest BCUT2D eigenvalue weighted by Crippen LogP contribution is 2.24. The molecule has 0 aromatic heterocycles. The molecular weight excluding hydrogens is 302 g/mol. The molecule has 0 bridgehead atoms. The van der Waals surface area contributed by atoms with Crippen molar-refractivity contribution in [2.45, 2.75) is 45.2 Å². The van der Waals surface area contributed by atoms with Gasteiger partial charge >= 0.3 is 0 Å². The van der Waals surface area contributed by atoms with Gasteiger partial charge in [0.25, 0.3) is 5.69 Å². The fourth-order valence-corrected chi connectivity index (χ4v) is 2.97. The van der Waals surface area contributed by atoms with E-state index in [4.69, 9.17) is 12.2 Å². The molecule has 6 nitrogen and oxygen atoms in total. The van der Waals surface area contributed by atoms with Crippen LogP contribution in [0.3, 0.4) is 0 Å². The summed E-state index contributed by atoms with van der Waals surface area (Å²) in [6, 6.07) is 4.08. The number of nitrogens with zero attached hydrogens (tertiary/aromatic N) is 1. The molecule has 1 saturated carbocycles. The monoisotopic (exact) mass is 322 g/mol. The van der Waals surface area contributed by atoms with Crippen LogP contribution < -0.4 is 15.7 Å². The number of rotatable bonds is 4. The molecule has 0 spiro atoms. The first-order chi connectivity index (χ1) is 10.5. The SMILES string of the molecule is C[C@@H]1CCCC[C@H]1NC(=S)NCc1cc([N+](=O)[O-])ccc1[O-]. The molecule has 0 aliphatic heterocycles. The van der Waals surface area contributed by atoms with Gasteiger partial charge in [0.15, 0.2) is 5.11 Å². The minimum atomic E-state index is -0.511. The quantitative estimate of drug-likeness (QED) is 0.502. The smallest absolute Gasteiger partial charge is 0.269 e. The lowest BCUT2D eigenvalue weighted by atomic mass is 9.86. The maximum atomic E-state index is 11.7. The van der Waals surface area contributed by atoms with E-state index in [0.29, 0.717) is 22.6 Å². The maximum Gasteiger partial charge on any atom is 0.269 e. The third-order valence-corrected chi connectivity index (χ3v) is 4.38. The van der Waals surface area contributed by atoms with Crippen LogP contribution in [-0.2, 0) is 6.54 Å². The van der Waals surface area contributed by atoms with E-state index >= 15 is 0 Å². The molecule has 7 heteroatoms. The van der Waals surface area contributed by atoms with Crippen molar-refractivity contribution in [2.24, 2.45) is 5.92 Å². The summed E-state index contributed by atoms with van der Waals surface area (Å²) in [5, 5.41) is 29.2. The van der Waals surface area contributed by atoms with Gasteiger partial charge < -0.3 is 15.7 Å². The third kappa shape index (κ3) is 4.30. The highest BCUT2D eigenvalue weighted by Gasteiger charge is 2.21. The average Bonchev–Trinajstić information content (AvgIpc) is 2.48. The predicted octanol–water partition coefficient (Wildman–Crippen LogP) is 2.21. The number of nitro groups is 1. The maximum absolute atomic E-state index is 11.7. The molecule has 0 heterocycles. The minimum Gasteiger partial charge on any atom is -0.872 e. The number of hydrogen-bond acceptors (Lipinski definition) is 4. The molecule has 0 saturated heterocycles. The summed E-state index contributed by atoms with van der Waals surface area (Å²) >= 11 is 5.26. The number of thiocarbonyl (C=S) groups is 1. The van der Waals surface area contributed by atoms with E-state index in [0.717, 1.165) is 6.42 Å². The standard InChI is InChI=1S/C15H21N3O3S/c1-10-4-2-3-5-13(10)17-15(22)16-9-11-8-12(18(20)21)6-7-14(11)19/h6-8,10,13,19H,2-5,9H2,1H3,(H2,16,17,22)/p-1/t10-,13-/m1/s1. The number of non-ortho nitro benzene ring substituents is 1. The van der Waals surface area contributed by atoms with Gasteiger partial charge in [0.1, 0.15) is 0 Å². The lowest BCUT2D eigenvalue weighted by molar-refractivity contribution is -0.385. The van der Waals surface area contributed by atoms with Crippen molar-refractivity contribution in [3.8, 4) is 5.75 Å². The van der Waals surface area contributed by atoms with Crippen molar-refractivity contribution in [2.75, 3.05) is 0 Å². The van der Waals surface area contributed by atoms with Crippen LogP contribution in [0, 0.1) is 16.0 Å². The van der Waals surface area contributed by atoms with E-state index in [1.54, 1.807) is 0 Å². The number of benzene rings is 1. The Labute approximate surface area is 135 Å². The van der Waals surface area contributed by atoms with Crippen molar-refractivity contribution in [1.29, 1.82) is 0 Å². The molecule has 1 aliphatic rings. The van der Waals surface area contributed by atoms with E-state index in [2.05, 4.69) is 17.6 Å². The van der Waals surface area contributed by atoms with Gasteiger partial charge in [0.2, 0.25) is 0 Å². The van der Waals surface area contributed by atoms with E-state index in [9.17, 15) is 15.2 Å². The minimum absolute atomic E-state index is 0.0869. The van der Waals surface area contributed by atoms with Crippen LogP contribution in [0.1, 0.15) is 38.2 Å². The molecule has 120 valence electrons. The zero-order chi connectivity index (χ0) is 16.1. The van der Waals surface area contributed by atoms with Crippen LogP contribution in [0.4, 0.5) is 5.69 Å². The summed E-state index contributed by atoms with van der Waals surface area (Å²) in [7, 11) is 0. The molecule has 22 heavy (non-hydrogen) atoms. The molecular formula is C15H20N3O3S-. The van der Waals surface area contributed by atoms with Gasteiger partial charge in [0, 0.05) is 24.7 Å². The van der Waals surface area contributed by atoms with Gasteiger partial charge in [-0.3, -0.25) is 10.1 Å². The largest absolute Gasteiger partial charge is 0.872 e. The van der Waals surface area contributed by atoms with Gasteiger partial charge in [-0.2, -0.15) is 0 Å². The Bertz CT molecular complexity index is 565. The Kier molecular flexibility index (Phi) is 5.54.